The van der Waals surface area contributed by atoms with E-state index in [1.54, 1.807) is 0 Å². The molecule has 1 saturated heterocycles. The van der Waals surface area contributed by atoms with Gasteiger partial charge in [-0.15, -0.1) is 24.0 Å². The SMILES string of the molecule is CN=C(NCc1oc2ccccc2c1C)NCC1CCN(C)C1.I. The van der Waals surface area contributed by atoms with Crippen molar-refractivity contribution < 1.29 is 4.42 Å². The Hall–Kier alpha value is -1.28. The molecule has 0 aliphatic carbocycles. The molecule has 0 amide bonds. The minimum atomic E-state index is 0. The van der Waals surface area contributed by atoms with Gasteiger partial charge in [-0.2, -0.15) is 0 Å². The Bertz CT molecular complexity index is 697. The van der Waals surface area contributed by atoms with Gasteiger partial charge in [0.1, 0.15) is 11.3 Å². The number of hydrogen-bond donors (Lipinski definition) is 2. The highest BCUT2D eigenvalue weighted by atomic mass is 127. The fourth-order valence-electron chi connectivity index (χ4n) is 3.21. The third kappa shape index (κ3) is 4.42. The molecule has 1 unspecified atom stereocenters. The Labute approximate surface area is 160 Å². The van der Waals surface area contributed by atoms with Gasteiger partial charge < -0.3 is 20.0 Å². The molecule has 0 bridgehead atoms. The number of aliphatic imine (C=N–C) groups is 1. The van der Waals surface area contributed by atoms with E-state index in [1.807, 2.05) is 25.2 Å². The summed E-state index contributed by atoms with van der Waals surface area (Å²) in [6.45, 7) is 6.06. The van der Waals surface area contributed by atoms with Gasteiger partial charge in [-0.3, -0.25) is 4.99 Å². The third-order valence-corrected chi connectivity index (χ3v) is 4.63. The summed E-state index contributed by atoms with van der Waals surface area (Å²) >= 11 is 0. The molecule has 1 aliphatic heterocycles. The van der Waals surface area contributed by atoms with Crippen molar-refractivity contribution in [1.29, 1.82) is 0 Å². The van der Waals surface area contributed by atoms with Gasteiger partial charge in [0.25, 0.3) is 0 Å². The quantitative estimate of drug-likeness (QED) is 0.435. The van der Waals surface area contributed by atoms with E-state index >= 15 is 0 Å². The molecule has 132 valence electrons. The summed E-state index contributed by atoms with van der Waals surface area (Å²) in [6, 6.07) is 8.15. The first kappa shape index (κ1) is 19.1. The Morgan fingerprint density at radius 1 is 1.33 bits per heavy atom. The standard InChI is InChI=1S/C18H26N4O.HI/c1-13-15-6-4-5-7-16(15)23-17(13)11-21-18(19-2)20-10-14-8-9-22(3)12-14;/h4-7,14H,8-12H2,1-3H3,(H2,19,20,21);1H. The maximum atomic E-state index is 5.93. The summed E-state index contributed by atoms with van der Waals surface area (Å²) < 4.78 is 5.93. The fourth-order valence-corrected chi connectivity index (χ4v) is 3.21. The summed E-state index contributed by atoms with van der Waals surface area (Å²) in [5, 5.41) is 7.96. The van der Waals surface area contributed by atoms with Gasteiger partial charge in [0.15, 0.2) is 5.96 Å². The molecule has 1 fully saturated rings. The van der Waals surface area contributed by atoms with Crippen LogP contribution in [0.2, 0.25) is 0 Å². The lowest BCUT2D eigenvalue weighted by Gasteiger charge is -2.15. The maximum Gasteiger partial charge on any atom is 0.191 e. The van der Waals surface area contributed by atoms with Crippen LogP contribution in [0.5, 0.6) is 0 Å². The molecule has 0 spiro atoms. The largest absolute Gasteiger partial charge is 0.459 e. The molecule has 0 saturated carbocycles. The van der Waals surface area contributed by atoms with Crippen LogP contribution in [-0.2, 0) is 6.54 Å². The van der Waals surface area contributed by atoms with Crippen LogP contribution in [0.25, 0.3) is 11.0 Å². The highest BCUT2D eigenvalue weighted by Gasteiger charge is 2.19. The molecule has 2 heterocycles. The van der Waals surface area contributed by atoms with E-state index in [9.17, 15) is 0 Å². The molecular formula is C18H27IN4O. The van der Waals surface area contributed by atoms with Crippen molar-refractivity contribution in [1.82, 2.24) is 15.5 Å². The number of rotatable bonds is 4. The molecule has 3 rings (SSSR count). The smallest absolute Gasteiger partial charge is 0.191 e. The van der Waals surface area contributed by atoms with Crippen molar-refractivity contribution >= 4 is 40.9 Å². The van der Waals surface area contributed by atoms with Crippen molar-refractivity contribution in [2.75, 3.05) is 33.7 Å². The molecule has 6 heteroatoms. The van der Waals surface area contributed by atoms with Gasteiger partial charge in [-0.25, -0.2) is 0 Å². The van der Waals surface area contributed by atoms with E-state index in [0.29, 0.717) is 12.5 Å². The second-order valence-electron chi connectivity index (χ2n) is 6.37. The monoisotopic (exact) mass is 442 g/mol. The molecular weight excluding hydrogens is 415 g/mol. The lowest BCUT2D eigenvalue weighted by Crippen LogP contribution is -2.39. The van der Waals surface area contributed by atoms with Crippen LogP contribution >= 0.6 is 24.0 Å². The van der Waals surface area contributed by atoms with Crippen LogP contribution in [0.1, 0.15) is 17.7 Å². The Morgan fingerprint density at radius 3 is 2.79 bits per heavy atom. The van der Waals surface area contributed by atoms with E-state index in [0.717, 1.165) is 30.4 Å². The zero-order chi connectivity index (χ0) is 16.2. The number of benzene rings is 1. The van der Waals surface area contributed by atoms with Crippen molar-refractivity contribution in [2.45, 2.75) is 19.9 Å². The zero-order valence-electron chi connectivity index (χ0n) is 14.6. The van der Waals surface area contributed by atoms with Crippen LogP contribution in [0.3, 0.4) is 0 Å². The summed E-state index contributed by atoms with van der Waals surface area (Å²) in [5.74, 6) is 2.50. The van der Waals surface area contributed by atoms with E-state index in [2.05, 4.69) is 40.6 Å². The average Bonchev–Trinajstić information content (AvgIpc) is 3.12. The molecule has 5 nitrogen and oxygen atoms in total. The predicted octanol–water partition coefficient (Wildman–Crippen LogP) is 2.98. The van der Waals surface area contributed by atoms with Gasteiger partial charge in [0.05, 0.1) is 6.54 Å². The normalized spacial score (nSPS) is 18.6. The number of guanidine groups is 1. The van der Waals surface area contributed by atoms with E-state index in [1.165, 1.54) is 23.9 Å². The van der Waals surface area contributed by atoms with Crippen LogP contribution < -0.4 is 10.6 Å². The summed E-state index contributed by atoms with van der Waals surface area (Å²) in [4.78, 5) is 6.68. The number of halogens is 1. The van der Waals surface area contributed by atoms with Gasteiger partial charge in [-0.1, -0.05) is 18.2 Å². The number of para-hydroxylation sites is 1. The predicted molar refractivity (Wildman–Crippen MR) is 110 cm³/mol. The number of aryl methyl sites for hydroxylation is 1. The first-order chi connectivity index (χ1) is 11.2. The van der Waals surface area contributed by atoms with Crippen molar-refractivity contribution in [3.8, 4) is 0 Å². The molecule has 1 aliphatic rings. The van der Waals surface area contributed by atoms with Gasteiger partial charge in [-0.05, 0) is 38.9 Å². The van der Waals surface area contributed by atoms with Crippen LogP contribution in [0, 0.1) is 12.8 Å². The first-order valence-electron chi connectivity index (χ1n) is 8.27. The number of nitrogens with zero attached hydrogens (tertiary/aromatic N) is 2. The Balaban J connectivity index is 0.00000208. The molecule has 1 aromatic heterocycles. The van der Waals surface area contributed by atoms with Gasteiger partial charge in [0.2, 0.25) is 0 Å². The Morgan fingerprint density at radius 2 is 2.12 bits per heavy atom. The van der Waals surface area contributed by atoms with Crippen LogP contribution in [0.15, 0.2) is 33.7 Å². The molecule has 1 aromatic carbocycles. The lowest BCUT2D eigenvalue weighted by molar-refractivity contribution is 0.393. The number of likely N-dealkylation sites (tertiary alicyclic amines) is 1. The molecule has 2 N–H and O–H groups in total. The second-order valence-corrected chi connectivity index (χ2v) is 6.37. The Kier molecular flexibility index (Phi) is 6.91. The van der Waals surface area contributed by atoms with Crippen LogP contribution in [0.4, 0.5) is 0 Å². The number of furan rings is 1. The summed E-state index contributed by atoms with van der Waals surface area (Å²) in [7, 11) is 3.99. The van der Waals surface area contributed by atoms with E-state index in [4.69, 9.17) is 4.42 Å². The molecule has 24 heavy (non-hydrogen) atoms. The lowest BCUT2D eigenvalue weighted by atomic mass is 10.1. The molecule has 2 aromatic rings. The second kappa shape index (κ2) is 8.71. The fraction of sp³-hybridized carbons (Fsp3) is 0.500. The van der Waals surface area contributed by atoms with E-state index in [-0.39, 0.29) is 24.0 Å². The minimum absolute atomic E-state index is 0. The third-order valence-electron chi connectivity index (χ3n) is 4.63. The van der Waals surface area contributed by atoms with Gasteiger partial charge >= 0.3 is 0 Å². The highest BCUT2D eigenvalue weighted by molar-refractivity contribution is 14.0. The van der Waals surface area contributed by atoms with Crippen molar-refractivity contribution in [3.05, 3.63) is 35.6 Å². The molecule has 1 atom stereocenters. The van der Waals surface area contributed by atoms with Crippen molar-refractivity contribution in [2.24, 2.45) is 10.9 Å². The average molecular weight is 442 g/mol. The summed E-state index contributed by atoms with van der Waals surface area (Å²) in [5.41, 5.74) is 2.14. The minimum Gasteiger partial charge on any atom is -0.459 e. The van der Waals surface area contributed by atoms with Crippen molar-refractivity contribution in [3.63, 3.8) is 0 Å². The number of fused-ring (bicyclic) bond motifs is 1. The highest BCUT2D eigenvalue weighted by Crippen LogP contribution is 2.24. The van der Waals surface area contributed by atoms with Crippen LogP contribution in [-0.4, -0.2) is 44.6 Å². The topological polar surface area (TPSA) is 52.8 Å². The first-order valence-corrected chi connectivity index (χ1v) is 8.27. The summed E-state index contributed by atoms with van der Waals surface area (Å²) in [6.07, 6.45) is 1.25. The zero-order valence-corrected chi connectivity index (χ0v) is 17.0. The number of nitrogens with one attached hydrogen (secondary N) is 2. The van der Waals surface area contributed by atoms with Gasteiger partial charge in [0, 0.05) is 31.1 Å². The maximum absolute atomic E-state index is 5.93. The number of hydrogen-bond acceptors (Lipinski definition) is 3. The molecule has 0 radical (unpaired) electrons. The van der Waals surface area contributed by atoms with E-state index < -0.39 is 0 Å².